The summed E-state index contributed by atoms with van der Waals surface area (Å²) >= 11 is 1.87. The van der Waals surface area contributed by atoms with E-state index in [1.165, 1.54) is 42.1 Å². The molecule has 0 unspecified atom stereocenters. The van der Waals surface area contributed by atoms with Crippen molar-refractivity contribution in [3.05, 3.63) is 164 Å². The van der Waals surface area contributed by atoms with Gasteiger partial charge in [-0.3, -0.25) is 0 Å². The molecule has 0 N–H and O–H groups in total. The number of nitrogens with zero attached hydrogens (tertiary/aromatic N) is 3. The fourth-order valence-corrected chi connectivity index (χ4v) is 7.56. The molecule has 0 aliphatic rings. The van der Waals surface area contributed by atoms with Gasteiger partial charge < -0.3 is 0 Å². The summed E-state index contributed by atoms with van der Waals surface area (Å²) in [6, 6.07) is 57.5. The maximum atomic E-state index is 4.96. The highest BCUT2D eigenvalue weighted by atomic mass is 32.1. The molecule has 0 saturated carbocycles. The molecular weight excluding hydrogens is 591 g/mol. The maximum absolute atomic E-state index is 4.96. The predicted molar refractivity (Wildman–Crippen MR) is 197 cm³/mol. The number of hydrogen-bond acceptors (Lipinski definition) is 4. The summed E-state index contributed by atoms with van der Waals surface area (Å²) < 4.78 is 2.62. The van der Waals surface area contributed by atoms with Gasteiger partial charge in [-0.25, -0.2) is 15.0 Å². The third kappa shape index (κ3) is 5.05. The van der Waals surface area contributed by atoms with E-state index in [4.69, 9.17) is 15.0 Å². The summed E-state index contributed by atoms with van der Waals surface area (Å²) in [5.74, 6) is 1.97. The summed E-state index contributed by atoms with van der Waals surface area (Å²) in [6.07, 6.45) is 0. The Labute approximate surface area is 276 Å². The lowest BCUT2D eigenvalue weighted by Crippen LogP contribution is -2.00. The number of hydrogen-bond donors (Lipinski definition) is 0. The zero-order valence-corrected chi connectivity index (χ0v) is 26.2. The Kier molecular flexibility index (Phi) is 6.65. The van der Waals surface area contributed by atoms with Crippen molar-refractivity contribution < 1.29 is 0 Å². The van der Waals surface area contributed by atoms with E-state index in [0.717, 1.165) is 27.8 Å². The first-order valence-corrected chi connectivity index (χ1v) is 16.5. The standard InChI is InChI=1S/C43H27N3S/c1-3-12-28(13-4-1)41-44-42(29-14-5-2-6-15-29)46-43(45-41)35-21-10-19-31(25-35)30-18-9-20-34(24-30)36-22-11-23-38-40(36)37-26-32-16-7-8-17-33(32)27-39(37)47-38/h1-27H. The molecule has 0 aliphatic heterocycles. The van der Waals surface area contributed by atoms with E-state index in [0.29, 0.717) is 17.5 Å². The minimum Gasteiger partial charge on any atom is -0.208 e. The van der Waals surface area contributed by atoms with E-state index in [1.54, 1.807) is 0 Å². The van der Waals surface area contributed by atoms with Crippen molar-refractivity contribution in [2.45, 2.75) is 0 Å². The van der Waals surface area contributed by atoms with E-state index in [1.807, 2.05) is 72.0 Å². The minimum atomic E-state index is 0.650. The number of benzene rings is 7. The van der Waals surface area contributed by atoms with E-state index >= 15 is 0 Å². The van der Waals surface area contributed by atoms with Crippen LogP contribution in [0.2, 0.25) is 0 Å². The Morgan fingerprint density at radius 3 is 1.49 bits per heavy atom. The van der Waals surface area contributed by atoms with E-state index < -0.39 is 0 Å². The van der Waals surface area contributed by atoms with Gasteiger partial charge in [0, 0.05) is 36.9 Å². The van der Waals surface area contributed by atoms with Gasteiger partial charge in [-0.05, 0) is 63.4 Å². The van der Waals surface area contributed by atoms with E-state index in [9.17, 15) is 0 Å². The van der Waals surface area contributed by atoms with Crippen LogP contribution in [0.25, 0.3) is 87.4 Å². The molecule has 0 bridgehead atoms. The molecule has 4 heteroatoms. The zero-order chi connectivity index (χ0) is 31.2. The summed E-state index contributed by atoms with van der Waals surface area (Å²) in [7, 11) is 0. The summed E-state index contributed by atoms with van der Waals surface area (Å²) in [6.45, 7) is 0. The van der Waals surface area contributed by atoms with Crippen molar-refractivity contribution in [2.75, 3.05) is 0 Å². The molecule has 9 rings (SSSR count). The fraction of sp³-hybridized carbons (Fsp3) is 0. The minimum absolute atomic E-state index is 0.650. The second-order valence-electron chi connectivity index (χ2n) is 11.7. The van der Waals surface area contributed by atoms with Crippen LogP contribution in [0, 0.1) is 0 Å². The first kappa shape index (κ1) is 27.3. The molecular formula is C43H27N3S. The third-order valence-corrected chi connectivity index (χ3v) is 9.81. The summed E-state index contributed by atoms with van der Waals surface area (Å²) in [5, 5.41) is 5.17. The maximum Gasteiger partial charge on any atom is 0.164 e. The molecule has 0 saturated heterocycles. The smallest absolute Gasteiger partial charge is 0.164 e. The first-order chi connectivity index (χ1) is 23.3. The van der Waals surface area contributed by atoms with Gasteiger partial charge in [-0.2, -0.15) is 0 Å². The number of rotatable bonds is 5. The molecule has 0 atom stereocenters. The molecule has 220 valence electrons. The van der Waals surface area contributed by atoms with Crippen LogP contribution >= 0.6 is 11.3 Å². The van der Waals surface area contributed by atoms with Crippen LogP contribution in [0.1, 0.15) is 0 Å². The molecule has 2 aromatic heterocycles. The van der Waals surface area contributed by atoms with Crippen LogP contribution in [-0.2, 0) is 0 Å². The Bertz CT molecular complexity index is 2510. The van der Waals surface area contributed by atoms with Gasteiger partial charge >= 0.3 is 0 Å². The largest absolute Gasteiger partial charge is 0.208 e. The first-order valence-electron chi connectivity index (χ1n) is 15.7. The highest BCUT2D eigenvalue weighted by molar-refractivity contribution is 7.26. The predicted octanol–water partition coefficient (Wildman–Crippen LogP) is 11.7. The quantitative estimate of drug-likeness (QED) is 0.193. The Hall–Kier alpha value is -5.97. The van der Waals surface area contributed by atoms with Crippen molar-refractivity contribution >= 4 is 42.3 Å². The van der Waals surface area contributed by atoms with Gasteiger partial charge in [0.15, 0.2) is 17.5 Å². The van der Waals surface area contributed by atoms with Crippen LogP contribution < -0.4 is 0 Å². The molecule has 0 spiro atoms. The lowest BCUT2D eigenvalue weighted by atomic mass is 9.95. The topological polar surface area (TPSA) is 38.7 Å². The molecule has 0 amide bonds. The van der Waals surface area contributed by atoms with Crippen molar-refractivity contribution in [1.29, 1.82) is 0 Å². The van der Waals surface area contributed by atoms with Crippen molar-refractivity contribution in [2.24, 2.45) is 0 Å². The monoisotopic (exact) mass is 617 g/mol. The van der Waals surface area contributed by atoms with Crippen LogP contribution in [0.3, 0.4) is 0 Å². The average Bonchev–Trinajstić information content (AvgIpc) is 3.52. The number of thiophene rings is 1. The SMILES string of the molecule is c1ccc(-c2nc(-c3ccccc3)nc(-c3cccc(-c4cccc(-c5cccc6sc7cc8ccccc8cc7c56)c4)c3)n2)cc1. The highest BCUT2D eigenvalue weighted by Crippen LogP contribution is 2.42. The molecule has 3 nitrogen and oxygen atoms in total. The van der Waals surface area contributed by atoms with Crippen molar-refractivity contribution in [1.82, 2.24) is 15.0 Å². The summed E-state index contributed by atoms with van der Waals surface area (Å²) in [5.41, 5.74) is 7.57. The normalized spacial score (nSPS) is 11.4. The Balaban J connectivity index is 1.15. The zero-order valence-electron chi connectivity index (χ0n) is 25.3. The summed E-state index contributed by atoms with van der Waals surface area (Å²) in [4.78, 5) is 14.8. The van der Waals surface area contributed by atoms with Gasteiger partial charge in [0.2, 0.25) is 0 Å². The highest BCUT2D eigenvalue weighted by Gasteiger charge is 2.15. The van der Waals surface area contributed by atoms with Crippen LogP contribution in [0.15, 0.2) is 164 Å². The molecule has 7 aromatic carbocycles. The molecule has 47 heavy (non-hydrogen) atoms. The van der Waals surface area contributed by atoms with Gasteiger partial charge in [-0.1, -0.05) is 133 Å². The van der Waals surface area contributed by atoms with E-state index in [-0.39, 0.29) is 0 Å². The van der Waals surface area contributed by atoms with Crippen LogP contribution in [0.5, 0.6) is 0 Å². The van der Waals surface area contributed by atoms with Crippen molar-refractivity contribution in [3.8, 4) is 56.4 Å². The Morgan fingerprint density at radius 1 is 0.340 bits per heavy atom. The fourth-order valence-electron chi connectivity index (χ4n) is 6.39. The average molecular weight is 618 g/mol. The Morgan fingerprint density at radius 2 is 0.830 bits per heavy atom. The molecule has 0 fully saturated rings. The van der Waals surface area contributed by atoms with Crippen molar-refractivity contribution in [3.63, 3.8) is 0 Å². The molecule has 0 aliphatic carbocycles. The van der Waals surface area contributed by atoms with Crippen LogP contribution in [-0.4, -0.2) is 15.0 Å². The second-order valence-corrected chi connectivity index (χ2v) is 12.8. The molecule has 9 aromatic rings. The second kappa shape index (κ2) is 11.4. The van der Waals surface area contributed by atoms with Gasteiger partial charge in [-0.15, -0.1) is 11.3 Å². The van der Waals surface area contributed by atoms with Gasteiger partial charge in [0.25, 0.3) is 0 Å². The lowest BCUT2D eigenvalue weighted by molar-refractivity contribution is 1.07. The third-order valence-electron chi connectivity index (χ3n) is 8.69. The molecule has 2 heterocycles. The lowest BCUT2D eigenvalue weighted by Gasteiger charge is -2.11. The van der Waals surface area contributed by atoms with Crippen LogP contribution in [0.4, 0.5) is 0 Å². The van der Waals surface area contributed by atoms with Gasteiger partial charge in [0.1, 0.15) is 0 Å². The van der Waals surface area contributed by atoms with E-state index in [2.05, 4.69) is 103 Å². The number of aromatic nitrogens is 3. The number of fused-ring (bicyclic) bond motifs is 4. The molecule has 0 radical (unpaired) electrons. The van der Waals surface area contributed by atoms with Gasteiger partial charge in [0.05, 0.1) is 0 Å².